The van der Waals surface area contributed by atoms with E-state index in [1.807, 2.05) is 19.1 Å². The fraction of sp³-hybridized carbons (Fsp3) is 0.333. The fourth-order valence-corrected chi connectivity index (χ4v) is 1.41. The molecule has 3 N–H and O–H groups in total. The molecule has 1 aromatic carbocycles. The maximum Gasteiger partial charge on any atom is 0.319 e. The summed E-state index contributed by atoms with van der Waals surface area (Å²) in [6.45, 7) is 1.92. The standard InChI is InChI=1S/C12H16N2O4/c1-8-4-3-5-9(18-2)11(8)14-12(17)13-7-6-10(15)16/h3-5H,6-7H2,1-2H3,(H,15,16)(H2,13,14,17). The Kier molecular flexibility index (Phi) is 4.98. The lowest BCUT2D eigenvalue weighted by Crippen LogP contribution is -2.31. The molecule has 0 unspecified atom stereocenters. The molecule has 0 spiro atoms. The second-order valence-corrected chi connectivity index (χ2v) is 3.68. The number of carboxylic acids is 1. The molecule has 1 aromatic rings. The Morgan fingerprint density at radius 2 is 2.11 bits per heavy atom. The molecule has 0 aliphatic heterocycles. The number of anilines is 1. The van der Waals surface area contributed by atoms with Gasteiger partial charge in [-0.3, -0.25) is 4.79 Å². The number of carbonyl (C=O) groups excluding carboxylic acids is 1. The monoisotopic (exact) mass is 252 g/mol. The number of hydrogen-bond acceptors (Lipinski definition) is 3. The summed E-state index contributed by atoms with van der Waals surface area (Å²) in [5, 5.41) is 13.5. The molecular weight excluding hydrogens is 236 g/mol. The maximum atomic E-state index is 11.5. The molecule has 6 heteroatoms. The van der Waals surface area contributed by atoms with Gasteiger partial charge in [0.1, 0.15) is 5.75 Å². The van der Waals surface area contributed by atoms with Crippen molar-refractivity contribution >= 4 is 17.7 Å². The van der Waals surface area contributed by atoms with Crippen LogP contribution in [0.4, 0.5) is 10.5 Å². The lowest BCUT2D eigenvalue weighted by atomic mass is 10.2. The summed E-state index contributed by atoms with van der Waals surface area (Å²) in [4.78, 5) is 21.8. The number of urea groups is 1. The normalized spacial score (nSPS) is 9.67. The summed E-state index contributed by atoms with van der Waals surface area (Å²) >= 11 is 0. The zero-order valence-electron chi connectivity index (χ0n) is 10.3. The smallest absolute Gasteiger partial charge is 0.319 e. The van der Waals surface area contributed by atoms with E-state index in [1.165, 1.54) is 7.11 Å². The molecule has 0 saturated carbocycles. The first-order valence-corrected chi connectivity index (χ1v) is 5.45. The number of amides is 2. The van der Waals surface area contributed by atoms with Gasteiger partial charge >= 0.3 is 12.0 Å². The number of ether oxygens (including phenoxy) is 1. The van der Waals surface area contributed by atoms with Crippen molar-refractivity contribution < 1.29 is 19.4 Å². The first kappa shape index (κ1) is 13.8. The van der Waals surface area contributed by atoms with E-state index < -0.39 is 12.0 Å². The van der Waals surface area contributed by atoms with Crippen LogP contribution < -0.4 is 15.4 Å². The van der Waals surface area contributed by atoms with Gasteiger partial charge < -0.3 is 20.5 Å². The molecule has 1 rings (SSSR count). The van der Waals surface area contributed by atoms with Gasteiger partial charge in [0.15, 0.2) is 0 Å². The van der Waals surface area contributed by atoms with Gasteiger partial charge in [-0.1, -0.05) is 12.1 Å². The van der Waals surface area contributed by atoms with E-state index in [2.05, 4.69) is 10.6 Å². The summed E-state index contributed by atoms with van der Waals surface area (Å²) in [5.41, 5.74) is 1.44. The number of aryl methyl sites for hydroxylation is 1. The third kappa shape index (κ3) is 3.97. The minimum absolute atomic E-state index is 0.0787. The van der Waals surface area contributed by atoms with Gasteiger partial charge in [-0.25, -0.2) is 4.79 Å². The van der Waals surface area contributed by atoms with E-state index in [0.717, 1.165) is 5.56 Å². The molecule has 0 aliphatic rings. The molecule has 0 atom stereocenters. The van der Waals surface area contributed by atoms with Crippen molar-refractivity contribution in [2.24, 2.45) is 0 Å². The van der Waals surface area contributed by atoms with Gasteiger partial charge in [0.25, 0.3) is 0 Å². The van der Waals surface area contributed by atoms with Crippen molar-refractivity contribution in [2.75, 3.05) is 19.0 Å². The first-order chi connectivity index (χ1) is 8.54. The van der Waals surface area contributed by atoms with Crippen molar-refractivity contribution in [3.63, 3.8) is 0 Å². The third-order valence-electron chi connectivity index (χ3n) is 2.32. The zero-order valence-corrected chi connectivity index (χ0v) is 10.3. The van der Waals surface area contributed by atoms with Crippen LogP contribution in [0.5, 0.6) is 5.75 Å². The predicted octanol–water partition coefficient (Wildman–Crippen LogP) is 1.60. The summed E-state index contributed by atoms with van der Waals surface area (Å²) in [5.74, 6) is -0.396. The van der Waals surface area contributed by atoms with Crippen molar-refractivity contribution in [1.82, 2.24) is 5.32 Å². The molecule has 98 valence electrons. The van der Waals surface area contributed by atoms with Crippen LogP contribution in [0.3, 0.4) is 0 Å². The van der Waals surface area contributed by atoms with E-state index in [9.17, 15) is 9.59 Å². The predicted molar refractivity (Wildman–Crippen MR) is 67.0 cm³/mol. The highest BCUT2D eigenvalue weighted by atomic mass is 16.5. The molecule has 0 saturated heterocycles. The summed E-state index contributed by atoms with van der Waals surface area (Å²) in [6.07, 6.45) is -0.113. The Morgan fingerprint density at radius 1 is 1.39 bits per heavy atom. The van der Waals surface area contributed by atoms with Crippen LogP contribution in [0.25, 0.3) is 0 Å². The average Bonchev–Trinajstić information content (AvgIpc) is 2.31. The number of methoxy groups -OCH3 is 1. The minimum Gasteiger partial charge on any atom is -0.495 e. The number of carbonyl (C=O) groups is 2. The van der Waals surface area contributed by atoms with Gasteiger partial charge in [0, 0.05) is 6.54 Å². The van der Waals surface area contributed by atoms with Crippen LogP contribution in [-0.4, -0.2) is 30.8 Å². The molecule has 0 heterocycles. The van der Waals surface area contributed by atoms with E-state index >= 15 is 0 Å². The Labute approximate surface area is 105 Å². The Hall–Kier alpha value is -2.24. The maximum absolute atomic E-state index is 11.5. The van der Waals surface area contributed by atoms with Crippen LogP contribution in [-0.2, 0) is 4.79 Å². The van der Waals surface area contributed by atoms with E-state index in [0.29, 0.717) is 11.4 Å². The number of para-hydroxylation sites is 1. The molecule has 0 bridgehead atoms. The molecule has 0 aromatic heterocycles. The van der Waals surface area contributed by atoms with Crippen LogP contribution in [0.15, 0.2) is 18.2 Å². The lowest BCUT2D eigenvalue weighted by molar-refractivity contribution is -0.136. The molecule has 0 radical (unpaired) electrons. The van der Waals surface area contributed by atoms with E-state index in [1.54, 1.807) is 6.07 Å². The summed E-state index contributed by atoms with van der Waals surface area (Å²) in [6, 6.07) is 4.94. The highest BCUT2D eigenvalue weighted by molar-refractivity contribution is 5.92. The number of hydrogen-bond donors (Lipinski definition) is 3. The van der Waals surface area contributed by atoms with Crippen LogP contribution in [0.1, 0.15) is 12.0 Å². The second kappa shape index (κ2) is 6.48. The number of rotatable bonds is 5. The molecule has 0 fully saturated rings. The van der Waals surface area contributed by atoms with E-state index in [4.69, 9.17) is 9.84 Å². The average molecular weight is 252 g/mol. The zero-order chi connectivity index (χ0) is 13.5. The largest absolute Gasteiger partial charge is 0.495 e. The molecule has 6 nitrogen and oxygen atoms in total. The molecule has 0 aliphatic carbocycles. The lowest BCUT2D eigenvalue weighted by Gasteiger charge is -2.13. The van der Waals surface area contributed by atoms with Crippen molar-refractivity contribution in [3.8, 4) is 5.75 Å². The van der Waals surface area contributed by atoms with Gasteiger partial charge in [-0.15, -0.1) is 0 Å². The fourth-order valence-electron chi connectivity index (χ4n) is 1.41. The van der Waals surface area contributed by atoms with Crippen molar-refractivity contribution in [3.05, 3.63) is 23.8 Å². The van der Waals surface area contributed by atoms with Gasteiger partial charge in [-0.05, 0) is 18.6 Å². The number of aliphatic carboxylic acids is 1. The van der Waals surface area contributed by atoms with Crippen molar-refractivity contribution in [2.45, 2.75) is 13.3 Å². The molecular formula is C12H16N2O4. The number of carboxylic acid groups (broad SMARTS) is 1. The topological polar surface area (TPSA) is 87.7 Å². The SMILES string of the molecule is COc1cccc(C)c1NC(=O)NCCC(=O)O. The molecule has 18 heavy (non-hydrogen) atoms. The number of nitrogens with one attached hydrogen (secondary N) is 2. The summed E-state index contributed by atoms with van der Waals surface area (Å²) in [7, 11) is 1.52. The van der Waals surface area contributed by atoms with Gasteiger partial charge in [-0.2, -0.15) is 0 Å². The van der Waals surface area contributed by atoms with E-state index in [-0.39, 0.29) is 13.0 Å². The quantitative estimate of drug-likeness (QED) is 0.742. The van der Waals surface area contributed by atoms with Crippen LogP contribution >= 0.6 is 0 Å². The summed E-state index contributed by atoms with van der Waals surface area (Å²) < 4.78 is 5.13. The second-order valence-electron chi connectivity index (χ2n) is 3.68. The highest BCUT2D eigenvalue weighted by Crippen LogP contribution is 2.27. The van der Waals surface area contributed by atoms with Gasteiger partial charge in [0.2, 0.25) is 0 Å². The van der Waals surface area contributed by atoms with Crippen molar-refractivity contribution in [1.29, 1.82) is 0 Å². The minimum atomic E-state index is -0.955. The molecule has 2 amide bonds. The van der Waals surface area contributed by atoms with Crippen LogP contribution in [0.2, 0.25) is 0 Å². The first-order valence-electron chi connectivity index (χ1n) is 5.45. The van der Waals surface area contributed by atoms with Crippen LogP contribution in [0, 0.1) is 6.92 Å². The Balaban J connectivity index is 2.61. The third-order valence-corrected chi connectivity index (χ3v) is 2.32. The Bertz CT molecular complexity index is 446. The highest BCUT2D eigenvalue weighted by Gasteiger charge is 2.09. The number of benzene rings is 1. The van der Waals surface area contributed by atoms with Gasteiger partial charge in [0.05, 0.1) is 19.2 Å². The Morgan fingerprint density at radius 3 is 2.72 bits per heavy atom.